The Morgan fingerprint density at radius 2 is 1.85 bits per heavy atom. The molecule has 130 valence electrons. The standard InChI is InChI=1S/C20H19N5O/c1-14-11-19(22-13-15-7-9-17(26-2)10-8-15)25-20(23-14)24-18-6-4-3-5-16(18)12-21/h3-11H,13H2,1-2H3,(H2,22,23,24,25). The van der Waals surface area contributed by atoms with E-state index < -0.39 is 0 Å². The van der Waals surface area contributed by atoms with Gasteiger partial charge >= 0.3 is 0 Å². The minimum atomic E-state index is 0.449. The third-order valence-corrected chi connectivity index (χ3v) is 3.78. The number of ether oxygens (including phenoxy) is 1. The second-order valence-electron chi connectivity index (χ2n) is 5.70. The van der Waals surface area contributed by atoms with Crippen molar-refractivity contribution in [1.82, 2.24) is 9.97 Å². The quantitative estimate of drug-likeness (QED) is 0.702. The zero-order valence-corrected chi connectivity index (χ0v) is 14.7. The minimum absolute atomic E-state index is 0.449. The van der Waals surface area contributed by atoms with Crippen LogP contribution in [0.2, 0.25) is 0 Å². The van der Waals surface area contributed by atoms with E-state index in [0.717, 1.165) is 17.0 Å². The summed E-state index contributed by atoms with van der Waals surface area (Å²) in [5.74, 6) is 1.99. The zero-order valence-electron chi connectivity index (χ0n) is 14.7. The first-order valence-electron chi connectivity index (χ1n) is 8.16. The lowest BCUT2D eigenvalue weighted by Crippen LogP contribution is -2.06. The van der Waals surface area contributed by atoms with E-state index in [9.17, 15) is 5.26 Å². The maximum Gasteiger partial charge on any atom is 0.229 e. The van der Waals surface area contributed by atoms with Gasteiger partial charge < -0.3 is 15.4 Å². The summed E-state index contributed by atoms with van der Waals surface area (Å²) in [4.78, 5) is 8.88. The van der Waals surface area contributed by atoms with Gasteiger partial charge in [-0.15, -0.1) is 0 Å². The predicted molar refractivity (Wildman–Crippen MR) is 102 cm³/mol. The van der Waals surface area contributed by atoms with Gasteiger partial charge in [0.05, 0.1) is 18.4 Å². The first-order chi connectivity index (χ1) is 12.7. The molecule has 0 saturated heterocycles. The molecule has 0 amide bonds. The molecule has 1 aromatic heterocycles. The van der Waals surface area contributed by atoms with Crippen LogP contribution in [0.1, 0.15) is 16.8 Å². The van der Waals surface area contributed by atoms with Crippen LogP contribution in [0.15, 0.2) is 54.6 Å². The molecule has 0 saturated carbocycles. The van der Waals surface area contributed by atoms with Crippen LogP contribution in [-0.4, -0.2) is 17.1 Å². The Kier molecular flexibility index (Phi) is 5.30. The van der Waals surface area contributed by atoms with Crippen LogP contribution in [0.4, 0.5) is 17.5 Å². The molecule has 0 atom stereocenters. The van der Waals surface area contributed by atoms with Gasteiger partial charge in [-0.1, -0.05) is 24.3 Å². The fraction of sp³-hybridized carbons (Fsp3) is 0.150. The Labute approximate surface area is 152 Å². The third kappa shape index (κ3) is 4.28. The summed E-state index contributed by atoms with van der Waals surface area (Å²) in [6, 6.07) is 19.2. The Balaban J connectivity index is 1.73. The first kappa shape index (κ1) is 17.2. The molecule has 26 heavy (non-hydrogen) atoms. The van der Waals surface area contributed by atoms with Gasteiger partial charge in [-0.3, -0.25) is 0 Å². The summed E-state index contributed by atoms with van der Waals surface area (Å²) >= 11 is 0. The van der Waals surface area contributed by atoms with Gasteiger partial charge in [0, 0.05) is 18.3 Å². The van der Waals surface area contributed by atoms with E-state index in [1.165, 1.54) is 0 Å². The molecule has 0 aliphatic rings. The van der Waals surface area contributed by atoms with Crippen LogP contribution in [0.3, 0.4) is 0 Å². The van der Waals surface area contributed by atoms with Crippen molar-refractivity contribution in [2.75, 3.05) is 17.7 Å². The van der Waals surface area contributed by atoms with Gasteiger partial charge in [-0.2, -0.15) is 10.2 Å². The molecule has 3 rings (SSSR count). The highest BCUT2D eigenvalue weighted by atomic mass is 16.5. The van der Waals surface area contributed by atoms with Crippen LogP contribution < -0.4 is 15.4 Å². The lowest BCUT2D eigenvalue weighted by Gasteiger charge is -2.11. The largest absolute Gasteiger partial charge is 0.497 e. The Morgan fingerprint density at radius 3 is 2.58 bits per heavy atom. The average Bonchev–Trinajstić information content (AvgIpc) is 2.67. The molecule has 6 nitrogen and oxygen atoms in total. The van der Waals surface area contributed by atoms with Crippen LogP contribution in [0.25, 0.3) is 0 Å². The first-order valence-corrected chi connectivity index (χ1v) is 8.16. The molecular weight excluding hydrogens is 326 g/mol. The summed E-state index contributed by atoms with van der Waals surface area (Å²) in [5, 5.41) is 15.6. The van der Waals surface area contributed by atoms with E-state index in [2.05, 4.69) is 26.7 Å². The molecule has 1 heterocycles. The monoisotopic (exact) mass is 345 g/mol. The van der Waals surface area contributed by atoms with Crippen molar-refractivity contribution in [3.05, 3.63) is 71.4 Å². The number of rotatable bonds is 6. The van der Waals surface area contributed by atoms with Gasteiger partial charge in [0.2, 0.25) is 5.95 Å². The number of anilines is 3. The van der Waals surface area contributed by atoms with Gasteiger partial charge in [0.25, 0.3) is 0 Å². The van der Waals surface area contributed by atoms with E-state index in [-0.39, 0.29) is 0 Å². The van der Waals surface area contributed by atoms with Crippen LogP contribution in [0, 0.1) is 18.3 Å². The van der Waals surface area contributed by atoms with Crippen molar-refractivity contribution >= 4 is 17.5 Å². The topological polar surface area (TPSA) is 82.9 Å². The van der Waals surface area contributed by atoms with Crippen molar-refractivity contribution < 1.29 is 4.74 Å². The average molecular weight is 345 g/mol. The van der Waals surface area contributed by atoms with Crippen molar-refractivity contribution in [3.63, 3.8) is 0 Å². The molecule has 3 aromatic rings. The molecule has 0 unspecified atom stereocenters. The molecular formula is C20H19N5O. The van der Waals surface area contributed by atoms with Gasteiger partial charge in [-0.25, -0.2) is 4.98 Å². The summed E-state index contributed by atoms with van der Waals surface area (Å²) in [5.41, 5.74) is 3.17. The van der Waals surface area contributed by atoms with E-state index in [1.54, 1.807) is 13.2 Å². The SMILES string of the molecule is COc1ccc(CNc2cc(C)nc(Nc3ccccc3C#N)n2)cc1. The summed E-state index contributed by atoms with van der Waals surface area (Å²) in [7, 11) is 1.65. The molecule has 2 N–H and O–H groups in total. The highest BCUT2D eigenvalue weighted by Gasteiger charge is 2.06. The fourth-order valence-electron chi connectivity index (χ4n) is 2.46. The van der Waals surface area contributed by atoms with Gasteiger partial charge in [0.15, 0.2) is 0 Å². The minimum Gasteiger partial charge on any atom is -0.497 e. The number of hydrogen-bond acceptors (Lipinski definition) is 6. The molecule has 6 heteroatoms. The van der Waals surface area contributed by atoms with Crippen LogP contribution in [-0.2, 0) is 6.54 Å². The maximum atomic E-state index is 9.20. The van der Waals surface area contributed by atoms with Crippen molar-refractivity contribution in [2.24, 2.45) is 0 Å². The molecule has 2 aromatic carbocycles. The van der Waals surface area contributed by atoms with Crippen LogP contribution >= 0.6 is 0 Å². The third-order valence-electron chi connectivity index (χ3n) is 3.78. The van der Waals surface area contributed by atoms with E-state index in [1.807, 2.05) is 55.5 Å². The number of nitrogens with zero attached hydrogens (tertiary/aromatic N) is 3. The molecule has 0 fully saturated rings. The highest BCUT2D eigenvalue weighted by molar-refractivity contribution is 5.63. The molecule has 0 spiro atoms. The van der Waals surface area contributed by atoms with Gasteiger partial charge in [0.1, 0.15) is 17.6 Å². The molecule has 0 radical (unpaired) electrons. The number of aryl methyl sites for hydroxylation is 1. The van der Waals surface area contributed by atoms with Crippen molar-refractivity contribution in [2.45, 2.75) is 13.5 Å². The summed E-state index contributed by atoms with van der Waals surface area (Å²) in [6.07, 6.45) is 0. The summed E-state index contributed by atoms with van der Waals surface area (Å²) < 4.78 is 5.17. The zero-order chi connectivity index (χ0) is 18.4. The maximum absolute atomic E-state index is 9.20. The van der Waals surface area contributed by atoms with Crippen molar-refractivity contribution in [3.8, 4) is 11.8 Å². The highest BCUT2D eigenvalue weighted by Crippen LogP contribution is 2.20. The molecule has 0 aliphatic carbocycles. The fourth-order valence-corrected chi connectivity index (χ4v) is 2.46. The number of methoxy groups -OCH3 is 1. The Hall–Kier alpha value is -3.59. The second kappa shape index (κ2) is 7.99. The van der Waals surface area contributed by atoms with E-state index in [0.29, 0.717) is 29.6 Å². The number of nitrogens with one attached hydrogen (secondary N) is 2. The Bertz CT molecular complexity index is 932. The number of benzene rings is 2. The lowest BCUT2D eigenvalue weighted by atomic mass is 10.2. The second-order valence-corrected chi connectivity index (χ2v) is 5.70. The van der Waals surface area contributed by atoms with Gasteiger partial charge in [-0.05, 0) is 36.8 Å². The summed E-state index contributed by atoms with van der Waals surface area (Å²) in [6.45, 7) is 2.54. The van der Waals surface area contributed by atoms with E-state index >= 15 is 0 Å². The Morgan fingerprint density at radius 1 is 1.08 bits per heavy atom. The normalized spacial score (nSPS) is 10.0. The predicted octanol–water partition coefficient (Wildman–Crippen LogP) is 4.02. The smallest absolute Gasteiger partial charge is 0.229 e. The number of aromatic nitrogens is 2. The lowest BCUT2D eigenvalue weighted by molar-refractivity contribution is 0.414. The molecule has 0 aliphatic heterocycles. The van der Waals surface area contributed by atoms with Crippen molar-refractivity contribution in [1.29, 1.82) is 5.26 Å². The number of hydrogen-bond donors (Lipinski definition) is 2. The van der Waals surface area contributed by atoms with E-state index in [4.69, 9.17) is 4.74 Å². The molecule has 0 bridgehead atoms. The number of nitriles is 1. The van der Waals surface area contributed by atoms with Crippen LogP contribution in [0.5, 0.6) is 5.75 Å². The number of para-hydroxylation sites is 1.